The van der Waals surface area contributed by atoms with Crippen molar-refractivity contribution in [3.8, 4) is 0 Å². The minimum absolute atomic E-state index is 0. The van der Waals surface area contributed by atoms with Crippen LogP contribution in [0.4, 0.5) is 0 Å². The second-order valence-corrected chi connectivity index (χ2v) is 5.00. The number of aryl methyl sites for hydroxylation is 1. The van der Waals surface area contributed by atoms with Gasteiger partial charge in [-0.05, 0) is 30.4 Å². The molecule has 0 fully saturated rings. The van der Waals surface area contributed by atoms with Gasteiger partial charge in [0.2, 0.25) is 0 Å². The second kappa shape index (κ2) is 8.64. The summed E-state index contributed by atoms with van der Waals surface area (Å²) >= 11 is 0. The van der Waals surface area contributed by atoms with Gasteiger partial charge in [0.25, 0.3) is 0 Å². The van der Waals surface area contributed by atoms with Crippen LogP contribution < -0.4 is 5.32 Å². The molecule has 1 aliphatic carbocycles. The van der Waals surface area contributed by atoms with Gasteiger partial charge in [-0.2, -0.15) is 0 Å². The van der Waals surface area contributed by atoms with Gasteiger partial charge >= 0.3 is 19.5 Å². The van der Waals surface area contributed by atoms with E-state index in [1.807, 2.05) is 12.1 Å². The van der Waals surface area contributed by atoms with E-state index >= 15 is 0 Å². The van der Waals surface area contributed by atoms with Gasteiger partial charge in [-0.15, -0.1) is 0 Å². The number of carbonyl (C=O) groups is 2. The van der Waals surface area contributed by atoms with Crippen molar-refractivity contribution in [1.29, 1.82) is 0 Å². The van der Waals surface area contributed by atoms with Crippen LogP contribution in [0.3, 0.4) is 0 Å². The Balaban J connectivity index is 0.00000242. The largest absolute Gasteiger partial charge is 2.00 e. The predicted molar refractivity (Wildman–Crippen MR) is 80.0 cm³/mol. The Morgan fingerprint density at radius 2 is 2.14 bits per heavy atom. The zero-order chi connectivity index (χ0) is 15.2. The summed E-state index contributed by atoms with van der Waals surface area (Å²) in [5.41, 5.74) is 2.62. The Labute approximate surface area is 144 Å². The summed E-state index contributed by atoms with van der Waals surface area (Å²) in [6.07, 6.45) is 5.72. The van der Waals surface area contributed by atoms with Gasteiger partial charge in [-0.25, -0.2) is 6.42 Å². The van der Waals surface area contributed by atoms with Crippen molar-refractivity contribution in [3.63, 3.8) is 0 Å². The zero-order valence-electron chi connectivity index (χ0n) is 12.8. The molecule has 1 atom stereocenters. The normalized spacial score (nSPS) is 16.8. The SMILES string of the molecule is [CH2-]/C(=C\[CH-]C(=O)NC1CCCc2ccccc21)C(=O)OC.[Zn+2]. The topological polar surface area (TPSA) is 55.4 Å². The number of nitrogens with one attached hydrogen (secondary N) is 1. The van der Waals surface area contributed by atoms with E-state index in [1.165, 1.54) is 30.7 Å². The third-order valence-electron chi connectivity index (χ3n) is 3.57. The van der Waals surface area contributed by atoms with Crippen LogP contribution in [0.25, 0.3) is 0 Å². The molecule has 1 aromatic rings. The van der Waals surface area contributed by atoms with Crippen molar-refractivity contribution >= 4 is 11.9 Å². The molecule has 2 rings (SSSR count). The fourth-order valence-electron chi connectivity index (χ4n) is 2.50. The number of esters is 1. The second-order valence-electron chi connectivity index (χ2n) is 5.00. The first-order chi connectivity index (χ1) is 10.1. The number of benzene rings is 1. The Bertz CT molecular complexity index is 569. The van der Waals surface area contributed by atoms with Gasteiger partial charge in [0.05, 0.1) is 13.2 Å². The maximum Gasteiger partial charge on any atom is 2.00 e. The third kappa shape index (κ3) is 4.64. The summed E-state index contributed by atoms with van der Waals surface area (Å²) in [7, 11) is 1.28. The third-order valence-corrected chi connectivity index (χ3v) is 3.57. The van der Waals surface area contributed by atoms with E-state index in [-0.39, 0.29) is 37.0 Å². The molecular weight excluding hydrogens is 332 g/mol. The molecule has 0 aromatic heterocycles. The maximum absolute atomic E-state index is 11.9. The quantitative estimate of drug-likeness (QED) is 0.392. The molecular formula is C17H19NO3Zn. The van der Waals surface area contributed by atoms with Crippen LogP contribution >= 0.6 is 0 Å². The van der Waals surface area contributed by atoms with E-state index in [0.717, 1.165) is 19.3 Å². The number of ether oxygens (including phenoxy) is 1. The first kappa shape index (κ1) is 18.3. The molecule has 1 aromatic carbocycles. The van der Waals surface area contributed by atoms with E-state index in [4.69, 9.17) is 0 Å². The van der Waals surface area contributed by atoms with E-state index in [2.05, 4.69) is 29.1 Å². The van der Waals surface area contributed by atoms with Gasteiger partial charge in [-0.1, -0.05) is 24.3 Å². The van der Waals surface area contributed by atoms with E-state index in [9.17, 15) is 9.59 Å². The molecule has 0 heterocycles. The van der Waals surface area contributed by atoms with Crippen LogP contribution in [-0.2, 0) is 40.2 Å². The number of hydrogen-bond acceptors (Lipinski definition) is 3. The summed E-state index contributed by atoms with van der Waals surface area (Å²) in [6.45, 7) is 3.54. The monoisotopic (exact) mass is 349 g/mol. The fraction of sp³-hybridized carbons (Fsp3) is 0.294. The average molecular weight is 351 g/mol. The van der Waals surface area contributed by atoms with Crippen LogP contribution in [0.15, 0.2) is 35.9 Å². The molecule has 0 radical (unpaired) electrons. The average Bonchev–Trinajstić information content (AvgIpc) is 2.52. The summed E-state index contributed by atoms with van der Waals surface area (Å²) in [5.74, 6) is -0.774. The molecule has 0 bridgehead atoms. The van der Waals surface area contributed by atoms with Gasteiger partial charge < -0.3 is 20.9 Å². The molecule has 0 spiro atoms. The molecule has 5 heteroatoms. The summed E-state index contributed by atoms with van der Waals surface area (Å²) in [6, 6.07) is 8.18. The first-order valence-corrected chi connectivity index (χ1v) is 6.95. The van der Waals surface area contributed by atoms with Crippen LogP contribution in [0.2, 0.25) is 0 Å². The molecule has 1 amide bonds. The number of hydrogen-bond donors (Lipinski definition) is 1. The van der Waals surface area contributed by atoms with Crippen LogP contribution in [0.1, 0.15) is 30.0 Å². The maximum atomic E-state index is 11.9. The molecule has 112 valence electrons. The van der Waals surface area contributed by atoms with Crippen molar-refractivity contribution in [1.82, 2.24) is 5.32 Å². The van der Waals surface area contributed by atoms with E-state index < -0.39 is 5.97 Å². The predicted octanol–water partition coefficient (Wildman–Crippen LogP) is 2.32. The fourth-order valence-corrected chi connectivity index (χ4v) is 2.50. The first-order valence-electron chi connectivity index (χ1n) is 6.95. The standard InChI is InChI=1S/C17H19NO3.Zn/c1-12(17(20)21-2)10-11-16(19)18-15-9-5-7-13-6-3-4-8-14(13)15;/h3-4,6,8,10-11,15H,1,5,7,9H2,2H3,(H,18,19);/q-2;+2/b12-10+;. The molecule has 1 N–H and O–H groups in total. The van der Waals surface area contributed by atoms with Crippen molar-refractivity contribution in [2.24, 2.45) is 0 Å². The molecule has 4 nitrogen and oxygen atoms in total. The number of fused-ring (bicyclic) bond motifs is 1. The Morgan fingerprint density at radius 3 is 2.86 bits per heavy atom. The smallest absolute Gasteiger partial charge is 0.536 e. The minimum atomic E-state index is -0.540. The summed E-state index contributed by atoms with van der Waals surface area (Å²) in [4.78, 5) is 23.1. The van der Waals surface area contributed by atoms with E-state index in [0.29, 0.717) is 0 Å². The van der Waals surface area contributed by atoms with Crippen molar-refractivity contribution in [2.75, 3.05) is 7.11 Å². The van der Waals surface area contributed by atoms with E-state index in [1.54, 1.807) is 0 Å². The molecule has 0 saturated carbocycles. The zero-order valence-corrected chi connectivity index (χ0v) is 15.8. The number of methoxy groups -OCH3 is 1. The molecule has 1 aliphatic rings. The van der Waals surface area contributed by atoms with Gasteiger partial charge in [0.15, 0.2) is 5.91 Å². The van der Waals surface area contributed by atoms with Crippen molar-refractivity contribution in [3.05, 3.63) is 60.4 Å². The van der Waals surface area contributed by atoms with Crippen molar-refractivity contribution < 1.29 is 33.8 Å². The van der Waals surface area contributed by atoms with Gasteiger partial charge in [0, 0.05) is 0 Å². The molecule has 0 saturated heterocycles. The summed E-state index contributed by atoms with van der Waals surface area (Å²) in [5, 5.41) is 2.97. The Morgan fingerprint density at radius 1 is 1.41 bits per heavy atom. The molecule has 22 heavy (non-hydrogen) atoms. The van der Waals surface area contributed by atoms with Gasteiger partial charge in [0.1, 0.15) is 5.97 Å². The van der Waals surface area contributed by atoms with Crippen LogP contribution in [0.5, 0.6) is 0 Å². The number of rotatable bonds is 4. The number of carbonyl (C=O) groups excluding carboxylic acids is 2. The summed E-state index contributed by atoms with van der Waals surface area (Å²) < 4.78 is 4.52. The Kier molecular flexibility index (Phi) is 7.20. The van der Waals surface area contributed by atoms with Gasteiger partial charge in [-0.3, -0.25) is 17.3 Å². The van der Waals surface area contributed by atoms with Crippen LogP contribution in [-0.4, -0.2) is 19.0 Å². The van der Waals surface area contributed by atoms with Crippen molar-refractivity contribution in [2.45, 2.75) is 25.3 Å². The molecule has 1 unspecified atom stereocenters. The number of amides is 1. The molecule has 0 aliphatic heterocycles. The minimum Gasteiger partial charge on any atom is -0.536 e. The Hall–Kier alpha value is -1.74. The van der Waals surface area contributed by atoms with Crippen LogP contribution in [0, 0.1) is 13.3 Å².